The molecule has 0 aliphatic rings. The second-order valence-electron chi connectivity index (χ2n) is 5.77. The number of unbranched alkanes of at least 4 members (excludes halogenated alkanes) is 1. The Morgan fingerprint density at radius 3 is 2.54 bits per heavy atom. The molecular formula is C17H23N7O2. The molecule has 1 aromatic carbocycles. The van der Waals surface area contributed by atoms with Crippen molar-refractivity contribution >= 4 is 23.5 Å². The molecule has 0 aliphatic heterocycles. The van der Waals surface area contributed by atoms with Crippen LogP contribution in [0, 0.1) is 6.92 Å². The van der Waals surface area contributed by atoms with Gasteiger partial charge < -0.3 is 22.3 Å². The highest BCUT2D eigenvalue weighted by molar-refractivity contribution is 6.06. The second kappa shape index (κ2) is 8.65. The van der Waals surface area contributed by atoms with Crippen LogP contribution in [0.4, 0.5) is 11.6 Å². The number of guanidine groups is 1. The smallest absolute Gasteiger partial charge is 0.280 e. The number of phenolic OH excluding ortho intramolecular Hbond substituents is 1. The zero-order valence-electron chi connectivity index (χ0n) is 14.6. The number of carbonyl (C=O) groups is 1. The fraction of sp³-hybridized carbons (Fsp3) is 0.294. The topological polar surface area (TPSA) is 166 Å². The molecule has 0 radical (unpaired) electrons. The van der Waals surface area contributed by atoms with Crippen LogP contribution in [0.1, 0.15) is 34.6 Å². The quantitative estimate of drug-likeness (QED) is 0.288. The van der Waals surface area contributed by atoms with Crippen LogP contribution in [0.15, 0.2) is 29.3 Å². The molecule has 0 fully saturated rings. The number of nitrogen functional groups attached to an aromatic ring is 2. The van der Waals surface area contributed by atoms with E-state index < -0.39 is 5.91 Å². The number of rotatable bonds is 6. The third-order valence-corrected chi connectivity index (χ3v) is 3.68. The van der Waals surface area contributed by atoms with Crippen LogP contribution in [0.25, 0.3) is 0 Å². The summed E-state index contributed by atoms with van der Waals surface area (Å²) in [5.74, 6) is -0.219. The van der Waals surface area contributed by atoms with Gasteiger partial charge in [0, 0.05) is 6.54 Å². The normalized spacial score (nSPS) is 11.3. The zero-order chi connectivity index (χ0) is 19.1. The Labute approximate surface area is 151 Å². The molecule has 1 heterocycles. The summed E-state index contributed by atoms with van der Waals surface area (Å²) in [6, 6.07) is 7.09. The molecular weight excluding hydrogens is 334 g/mol. The number of hydrogen-bond acceptors (Lipinski definition) is 7. The van der Waals surface area contributed by atoms with E-state index in [-0.39, 0.29) is 29.0 Å². The van der Waals surface area contributed by atoms with Gasteiger partial charge in [-0.25, -0.2) is 9.97 Å². The predicted molar refractivity (Wildman–Crippen MR) is 101 cm³/mol. The molecule has 1 amide bonds. The van der Waals surface area contributed by atoms with E-state index in [0.717, 1.165) is 24.8 Å². The van der Waals surface area contributed by atoms with E-state index in [4.69, 9.17) is 17.2 Å². The molecule has 9 nitrogen and oxygen atoms in total. The molecule has 0 saturated heterocycles. The average molecular weight is 357 g/mol. The largest absolute Gasteiger partial charge is 0.508 e. The number of aromatic hydroxyl groups is 1. The van der Waals surface area contributed by atoms with Gasteiger partial charge in [0.2, 0.25) is 0 Å². The Morgan fingerprint density at radius 2 is 1.85 bits per heavy atom. The van der Waals surface area contributed by atoms with Gasteiger partial charge in [-0.1, -0.05) is 12.1 Å². The Kier molecular flexibility index (Phi) is 6.31. The van der Waals surface area contributed by atoms with Crippen molar-refractivity contribution in [1.82, 2.24) is 15.3 Å². The molecule has 2 aromatic rings. The number of hydrogen-bond donors (Lipinski definition) is 5. The van der Waals surface area contributed by atoms with Crippen LogP contribution >= 0.6 is 0 Å². The second-order valence-corrected chi connectivity index (χ2v) is 5.77. The number of amides is 1. The van der Waals surface area contributed by atoms with Crippen LogP contribution in [0.3, 0.4) is 0 Å². The van der Waals surface area contributed by atoms with Gasteiger partial charge >= 0.3 is 0 Å². The van der Waals surface area contributed by atoms with Gasteiger partial charge in [0.05, 0.1) is 5.69 Å². The van der Waals surface area contributed by atoms with Crippen LogP contribution < -0.4 is 22.5 Å². The maximum Gasteiger partial charge on any atom is 0.280 e. The van der Waals surface area contributed by atoms with Crippen LogP contribution in [0.5, 0.6) is 5.75 Å². The van der Waals surface area contributed by atoms with Crippen LogP contribution in [0.2, 0.25) is 0 Å². The minimum atomic E-state index is -0.580. The summed E-state index contributed by atoms with van der Waals surface area (Å²) in [6.07, 6.45) is 2.59. The number of anilines is 2. The number of benzene rings is 1. The zero-order valence-corrected chi connectivity index (χ0v) is 14.6. The summed E-state index contributed by atoms with van der Waals surface area (Å²) in [7, 11) is 0. The van der Waals surface area contributed by atoms with Crippen molar-refractivity contribution in [3.8, 4) is 5.75 Å². The number of carbonyl (C=O) groups excluding carboxylic acids is 1. The first-order valence-electron chi connectivity index (χ1n) is 8.15. The van der Waals surface area contributed by atoms with Gasteiger partial charge in [-0.3, -0.25) is 15.1 Å². The first kappa shape index (κ1) is 19.0. The molecule has 0 spiro atoms. The lowest BCUT2D eigenvalue weighted by molar-refractivity contribution is 0.0972. The van der Waals surface area contributed by atoms with Crippen molar-refractivity contribution in [2.75, 3.05) is 18.0 Å². The van der Waals surface area contributed by atoms with E-state index >= 15 is 0 Å². The number of phenols is 1. The number of nitrogens with zero attached hydrogens (tertiary/aromatic N) is 3. The van der Waals surface area contributed by atoms with Gasteiger partial charge in [-0.05, 0) is 43.9 Å². The lowest BCUT2D eigenvalue weighted by Crippen LogP contribution is -2.38. The molecule has 0 atom stereocenters. The molecule has 9 heteroatoms. The Morgan fingerprint density at radius 1 is 1.15 bits per heavy atom. The summed E-state index contributed by atoms with van der Waals surface area (Å²) in [5, 5.41) is 11.7. The van der Waals surface area contributed by atoms with Crippen molar-refractivity contribution in [3.05, 3.63) is 41.2 Å². The third-order valence-electron chi connectivity index (χ3n) is 3.68. The van der Waals surface area contributed by atoms with Gasteiger partial charge in [0.15, 0.2) is 17.5 Å². The number of aryl methyl sites for hydroxylation is 2. The van der Waals surface area contributed by atoms with Crippen molar-refractivity contribution in [2.45, 2.75) is 26.2 Å². The summed E-state index contributed by atoms with van der Waals surface area (Å²) in [6.45, 7) is 2.11. The lowest BCUT2D eigenvalue weighted by Gasteiger charge is -2.08. The average Bonchev–Trinajstić information content (AvgIpc) is 2.59. The van der Waals surface area contributed by atoms with E-state index in [1.807, 2.05) is 12.1 Å². The lowest BCUT2D eigenvalue weighted by atomic mass is 10.1. The minimum Gasteiger partial charge on any atom is -0.508 e. The van der Waals surface area contributed by atoms with E-state index in [9.17, 15) is 9.90 Å². The molecule has 0 aliphatic carbocycles. The molecule has 1 aromatic heterocycles. The maximum atomic E-state index is 12.1. The SMILES string of the molecule is Cc1nc(C(=O)NC(N)=NCCCCc2ccc(O)cc2)c(N)nc1N. The minimum absolute atomic E-state index is 0.00434. The standard InChI is InChI=1S/C17H23N7O2/c1-10-14(18)23-15(19)13(22-10)16(26)24-17(20)21-9-3-2-4-11-5-7-12(25)8-6-11/h5-8,25H,2-4,9H2,1H3,(H4,18,19,23)(H3,20,21,24,26). The molecule has 8 N–H and O–H groups in total. The molecule has 0 unspecified atom stereocenters. The highest BCUT2D eigenvalue weighted by Gasteiger charge is 2.15. The summed E-state index contributed by atoms with van der Waals surface area (Å²) >= 11 is 0. The van der Waals surface area contributed by atoms with Crippen molar-refractivity contribution in [3.63, 3.8) is 0 Å². The highest BCUT2D eigenvalue weighted by Crippen LogP contribution is 2.12. The Hall–Kier alpha value is -3.36. The van der Waals surface area contributed by atoms with Gasteiger partial charge in [0.25, 0.3) is 5.91 Å². The number of nitrogens with one attached hydrogen (secondary N) is 1. The summed E-state index contributed by atoms with van der Waals surface area (Å²) in [5.41, 5.74) is 18.5. The Bertz CT molecular complexity index is 804. The van der Waals surface area contributed by atoms with E-state index in [2.05, 4.69) is 20.3 Å². The van der Waals surface area contributed by atoms with Gasteiger partial charge in [0.1, 0.15) is 11.6 Å². The van der Waals surface area contributed by atoms with E-state index in [1.54, 1.807) is 19.1 Å². The number of aliphatic imine (C=N–C) groups is 1. The molecule has 0 bridgehead atoms. The van der Waals surface area contributed by atoms with Crippen LogP contribution in [-0.2, 0) is 6.42 Å². The summed E-state index contributed by atoms with van der Waals surface area (Å²) in [4.78, 5) is 24.1. The van der Waals surface area contributed by atoms with Crippen molar-refractivity contribution in [1.29, 1.82) is 0 Å². The monoisotopic (exact) mass is 357 g/mol. The maximum absolute atomic E-state index is 12.1. The molecule has 138 valence electrons. The summed E-state index contributed by atoms with van der Waals surface area (Å²) < 4.78 is 0. The van der Waals surface area contributed by atoms with Crippen molar-refractivity contribution in [2.24, 2.45) is 10.7 Å². The first-order valence-corrected chi connectivity index (χ1v) is 8.15. The van der Waals surface area contributed by atoms with Crippen molar-refractivity contribution < 1.29 is 9.90 Å². The van der Waals surface area contributed by atoms with E-state index in [1.165, 1.54) is 0 Å². The predicted octanol–water partition coefficient (Wildman–Crippen LogP) is 0.722. The fourth-order valence-corrected chi connectivity index (χ4v) is 2.23. The molecule has 0 saturated carbocycles. The van der Waals surface area contributed by atoms with E-state index in [0.29, 0.717) is 12.2 Å². The van der Waals surface area contributed by atoms with Crippen LogP contribution in [-0.4, -0.2) is 33.5 Å². The first-order chi connectivity index (χ1) is 12.4. The van der Waals surface area contributed by atoms with Gasteiger partial charge in [-0.15, -0.1) is 0 Å². The third kappa shape index (κ3) is 5.33. The highest BCUT2D eigenvalue weighted by atomic mass is 16.3. The molecule has 26 heavy (non-hydrogen) atoms. The molecule has 2 rings (SSSR count). The number of aromatic nitrogens is 2. The Balaban J connectivity index is 1.79. The van der Waals surface area contributed by atoms with Gasteiger partial charge in [-0.2, -0.15) is 0 Å². The number of nitrogens with two attached hydrogens (primary N) is 3. The fourth-order valence-electron chi connectivity index (χ4n) is 2.23.